The lowest BCUT2D eigenvalue weighted by Crippen LogP contribution is -2.36. The fraction of sp³-hybridized carbons (Fsp3) is 0.500. The summed E-state index contributed by atoms with van der Waals surface area (Å²) in [5.41, 5.74) is 1.11. The van der Waals surface area contributed by atoms with Crippen molar-refractivity contribution in [2.24, 2.45) is 10.9 Å². The van der Waals surface area contributed by atoms with Crippen LogP contribution in [0.15, 0.2) is 46.1 Å². The Labute approximate surface area is 178 Å². The molecule has 0 atom stereocenters. The molecule has 2 aromatic heterocycles. The molecule has 0 amide bonds. The number of piperidine rings is 1. The fourth-order valence-corrected chi connectivity index (χ4v) is 3.03. The highest BCUT2D eigenvalue weighted by atomic mass is 127. The highest BCUT2D eigenvalue weighted by molar-refractivity contribution is 14.0. The van der Waals surface area contributed by atoms with Crippen LogP contribution in [0.4, 0.5) is 5.82 Å². The van der Waals surface area contributed by atoms with E-state index in [0.717, 1.165) is 48.7 Å². The monoisotopic (exact) mass is 483 g/mol. The van der Waals surface area contributed by atoms with Crippen molar-refractivity contribution in [3.05, 3.63) is 48.0 Å². The van der Waals surface area contributed by atoms with Gasteiger partial charge in [0.05, 0.1) is 19.4 Å². The van der Waals surface area contributed by atoms with Crippen molar-refractivity contribution in [2.75, 3.05) is 24.5 Å². The molecule has 0 unspecified atom stereocenters. The molecule has 27 heavy (non-hydrogen) atoms. The summed E-state index contributed by atoms with van der Waals surface area (Å²) in [6.45, 7) is 8.61. The number of aromatic nitrogens is 1. The van der Waals surface area contributed by atoms with Gasteiger partial charge in [0.25, 0.3) is 0 Å². The Balaban J connectivity index is 0.00000261. The number of halogens is 1. The lowest BCUT2D eigenvalue weighted by atomic mass is 9.99. The first kappa shape index (κ1) is 21.5. The third kappa shape index (κ3) is 6.71. The van der Waals surface area contributed by atoms with E-state index < -0.39 is 0 Å². The van der Waals surface area contributed by atoms with Crippen LogP contribution in [0.2, 0.25) is 0 Å². The molecular formula is C20H30IN5O. The molecule has 1 saturated heterocycles. The van der Waals surface area contributed by atoms with Crippen LogP contribution in [0.1, 0.15) is 38.0 Å². The summed E-state index contributed by atoms with van der Waals surface area (Å²) in [6.07, 6.45) is 6.12. The predicted octanol–water partition coefficient (Wildman–Crippen LogP) is 3.78. The minimum Gasteiger partial charge on any atom is -0.467 e. The lowest BCUT2D eigenvalue weighted by molar-refractivity contribution is 0.436. The van der Waals surface area contributed by atoms with Gasteiger partial charge in [0.1, 0.15) is 11.6 Å². The van der Waals surface area contributed by atoms with Crippen molar-refractivity contribution in [3.8, 4) is 0 Å². The molecule has 7 heteroatoms. The molecule has 0 aromatic carbocycles. The van der Waals surface area contributed by atoms with E-state index in [1.165, 1.54) is 12.8 Å². The lowest BCUT2D eigenvalue weighted by Gasteiger charge is -2.31. The molecule has 0 aliphatic carbocycles. The van der Waals surface area contributed by atoms with Gasteiger partial charge in [-0.3, -0.25) is 0 Å². The van der Waals surface area contributed by atoms with E-state index in [4.69, 9.17) is 4.42 Å². The number of anilines is 1. The zero-order chi connectivity index (χ0) is 18.2. The molecule has 0 spiro atoms. The van der Waals surface area contributed by atoms with Crippen molar-refractivity contribution in [3.63, 3.8) is 0 Å². The van der Waals surface area contributed by atoms with Gasteiger partial charge in [0.2, 0.25) is 0 Å². The van der Waals surface area contributed by atoms with Gasteiger partial charge in [-0.2, -0.15) is 0 Å². The summed E-state index contributed by atoms with van der Waals surface area (Å²) in [6, 6.07) is 8.07. The molecule has 3 rings (SSSR count). The SMILES string of the molecule is CCNC(=NCc1ccc(N2CCC(C)CC2)nc1)NCc1ccco1.I. The van der Waals surface area contributed by atoms with Gasteiger partial charge in [0.15, 0.2) is 5.96 Å². The standard InChI is InChI=1S/C20H29N5O.HI/c1-3-21-20(24-15-18-5-4-12-26-18)23-14-17-6-7-19(22-13-17)25-10-8-16(2)9-11-25;/h4-7,12-13,16H,3,8-11,14-15H2,1-2H3,(H2,21,23,24);1H. The summed E-state index contributed by atoms with van der Waals surface area (Å²) in [5, 5.41) is 6.53. The minimum absolute atomic E-state index is 0. The summed E-state index contributed by atoms with van der Waals surface area (Å²) < 4.78 is 5.34. The minimum atomic E-state index is 0. The van der Waals surface area contributed by atoms with E-state index in [1.807, 2.05) is 18.3 Å². The second-order valence-corrected chi connectivity index (χ2v) is 6.82. The molecule has 1 aliphatic heterocycles. The van der Waals surface area contributed by atoms with Gasteiger partial charge < -0.3 is 20.0 Å². The molecule has 0 saturated carbocycles. The summed E-state index contributed by atoms with van der Waals surface area (Å²) in [5.74, 6) is 3.57. The smallest absolute Gasteiger partial charge is 0.191 e. The number of furan rings is 1. The fourth-order valence-electron chi connectivity index (χ4n) is 3.03. The zero-order valence-electron chi connectivity index (χ0n) is 16.1. The number of pyridine rings is 1. The largest absolute Gasteiger partial charge is 0.467 e. The van der Waals surface area contributed by atoms with E-state index in [1.54, 1.807) is 6.26 Å². The third-order valence-corrected chi connectivity index (χ3v) is 4.69. The molecule has 0 bridgehead atoms. The number of nitrogens with zero attached hydrogens (tertiary/aromatic N) is 3. The van der Waals surface area contributed by atoms with Crippen molar-refractivity contribution in [1.82, 2.24) is 15.6 Å². The van der Waals surface area contributed by atoms with Crippen LogP contribution < -0.4 is 15.5 Å². The molecule has 3 heterocycles. The molecule has 6 nitrogen and oxygen atoms in total. The van der Waals surface area contributed by atoms with Gasteiger partial charge in [0, 0.05) is 25.8 Å². The highest BCUT2D eigenvalue weighted by Gasteiger charge is 2.16. The second-order valence-electron chi connectivity index (χ2n) is 6.82. The Morgan fingerprint density at radius 3 is 2.70 bits per heavy atom. The number of rotatable bonds is 6. The first-order chi connectivity index (χ1) is 12.7. The summed E-state index contributed by atoms with van der Waals surface area (Å²) in [7, 11) is 0. The van der Waals surface area contributed by atoms with Crippen LogP contribution in [-0.4, -0.2) is 30.6 Å². The van der Waals surface area contributed by atoms with E-state index in [2.05, 4.69) is 51.5 Å². The van der Waals surface area contributed by atoms with Gasteiger partial charge in [-0.25, -0.2) is 9.98 Å². The van der Waals surface area contributed by atoms with Crippen LogP contribution in [0, 0.1) is 5.92 Å². The van der Waals surface area contributed by atoms with Gasteiger partial charge in [-0.1, -0.05) is 13.0 Å². The molecular weight excluding hydrogens is 453 g/mol. The molecule has 1 fully saturated rings. The van der Waals surface area contributed by atoms with E-state index >= 15 is 0 Å². The Kier molecular flexibility index (Phi) is 8.90. The number of hydrogen-bond acceptors (Lipinski definition) is 4. The van der Waals surface area contributed by atoms with E-state index in [9.17, 15) is 0 Å². The third-order valence-electron chi connectivity index (χ3n) is 4.69. The van der Waals surface area contributed by atoms with Crippen LogP contribution in [0.25, 0.3) is 0 Å². The van der Waals surface area contributed by atoms with Crippen molar-refractivity contribution >= 4 is 35.8 Å². The Hall–Kier alpha value is -1.77. The van der Waals surface area contributed by atoms with Gasteiger partial charge in [-0.05, 0) is 49.4 Å². The van der Waals surface area contributed by atoms with Gasteiger partial charge >= 0.3 is 0 Å². The highest BCUT2D eigenvalue weighted by Crippen LogP contribution is 2.21. The second kappa shape index (κ2) is 11.2. The number of guanidine groups is 1. The Morgan fingerprint density at radius 1 is 1.26 bits per heavy atom. The average Bonchev–Trinajstić information content (AvgIpc) is 3.19. The van der Waals surface area contributed by atoms with E-state index in [-0.39, 0.29) is 24.0 Å². The topological polar surface area (TPSA) is 65.7 Å². The number of nitrogens with one attached hydrogen (secondary N) is 2. The molecule has 2 N–H and O–H groups in total. The van der Waals surface area contributed by atoms with Crippen LogP contribution >= 0.6 is 24.0 Å². The molecule has 148 valence electrons. The normalized spacial score (nSPS) is 15.3. The summed E-state index contributed by atoms with van der Waals surface area (Å²) in [4.78, 5) is 11.7. The predicted molar refractivity (Wildman–Crippen MR) is 121 cm³/mol. The average molecular weight is 483 g/mol. The number of aliphatic imine (C=N–C) groups is 1. The first-order valence-corrected chi connectivity index (χ1v) is 9.49. The maximum absolute atomic E-state index is 5.34. The molecule has 0 radical (unpaired) electrons. The van der Waals surface area contributed by atoms with E-state index in [0.29, 0.717) is 13.1 Å². The van der Waals surface area contributed by atoms with Crippen LogP contribution in [0.3, 0.4) is 0 Å². The van der Waals surface area contributed by atoms with Crippen molar-refractivity contribution < 1.29 is 4.42 Å². The Bertz CT molecular complexity index is 679. The van der Waals surface area contributed by atoms with Crippen LogP contribution in [-0.2, 0) is 13.1 Å². The molecule has 2 aromatic rings. The Morgan fingerprint density at radius 2 is 2.07 bits per heavy atom. The van der Waals surface area contributed by atoms with Crippen molar-refractivity contribution in [1.29, 1.82) is 0 Å². The maximum Gasteiger partial charge on any atom is 0.191 e. The molecule has 1 aliphatic rings. The van der Waals surface area contributed by atoms with Crippen molar-refractivity contribution in [2.45, 2.75) is 39.8 Å². The quantitative estimate of drug-likeness (QED) is 0.372. The number of hydrogen-bond donors (Lipinski definition) is 2. The maximum atomic E-state index is 5.34. The first-order valence-electron chi connectivity index (χ1n) is 9.49. The van der Waals surface area contributed by atoms with Crippen LogP contribution in [0.5, 0.6) is 0 Å². The zero-order valence-corrected chi connectivity index (χ0v) is 18.5. The summed E-state index contributed by atoms with van der Waals surface area (Å²) >= 11 is 0. The van der Waals surface area contributed by atoms with Gasteiger partial charge in [-0.15, -0.1) is 24.0 Å².